The van der Waals surface area contributed by atoms with Crippen molar-refractivity contribution in [2.45, 2.75) is 23.7 Å². The van der Waals surface area contributed by atoms with Gasteiger partial charge in [0.05, 0.1) is 17.6 Å². The van der Waals surface area contributed by atoms with Gasteiger partial charge in [-0.25, -0.2) is 13.2 Å². The molecule has 1 aliphatic heterocycles. The number of piperidine rings is 1. The molecule has 0 radical (unpaired) electrons. The predicted molar refractivity (Wildman–Crippen MR) is 87.1 cm³/mol. The van der Waals surface area contributed by atoms with E-state index in [1.807, 2.05) is 6.07 Å². The van der Waals surface area contributed by atoms with Crippen LogP contribution in [0.5, 0.6) is 0 Å². The lowest BCUT2D eigenvalue weighted by Crippen LogP contribution is -2.39. The van der Waals surface area contributed by atoms with E-state index in [2.05, 4.69) is 10.2 Å². The highest BCUT2D eigenvalue weighted by Gasteiger charge is 2.33. The van der Waals surface area contributed by atoms with Gasteiger partial charge in [0.15, 0.2) is 0 Å². The van der Waals surface area contributed by atoms with Crippen molar-refractivity contribution in [2.24, 2.45) is 0 Å². The fourth-order valence-electron chi connectivity index (χ4n) is 3.02. The van der Waals surface area contributed by atoms with Gasteiger partial charge in [-0.3, -0.25) is 5.10 Å². The van der Waals surface area contributed by atoms with Gasteiger partial charge in [-0.1, -0.05) is 12.1 Å². The molecule has 1 aromatic heterocycles. The fourth-order valence-corrected chi connectivity index (χ4v) is 4.72. The Bertz CT molecular complexity index is 818. The van der Waals surface area contributed by atoms with Crippen molar-refractivity contribution in [2.75, 3.05) is 20.2 Å². The highest BCUT2D eigenvalue weighted by atomic mass is 32.2. The van der Waals surface area contributed by atoms with Crippen LogP contribution < -0.4 is 0 Å². The summed E-state index contributed by atoms with van der Waals surface area (Å²) in [5.74, 6) is -0.586. The highest BCUT2D eigenvalue weighted by Crippen LogP contribution is 2.30. The molecule has 1 aliphatic rings. The summed E-state index contributed by atoms with van der Waals surface area (Å²) >= 11 is 0. The molecule has 1 fully saturated rings. The molecule has 3 rings (SSSR count). The maximum Gasteiger partial charge on any atom is 0.339 e. The van der Waals surface area contributed by atoms with Crippen molar-refractivity contribution >= 4 is 16.0 Å². The Hall–Kier alpha value is -2.19. The average molecular weight is 349 g/mol. The van der Waals surface area contributed by atoms with Gasteiger partial charge in [-0.2, -0.15) is 9.40 Å². The number of nitrogens with zero attached hydrogens (tertiary/aromatic N) is 2. The van der Waals surface area contributed by atoms with Crippen LogP contribution in [0.25, 0.3) is 0 Å². The molecule has 0 saturated carbocycles. The highest BCUT2D eigenvalue weighted by molar-refractivity contribution is 7.89. The molecule has 1 unspecified atom stereocenters. The van der Waals surface area contributed by atoms with E-state index in [9.17, 15) is 13.2 Å². The van der Waals surface area contributed by atoms with Gasteiger partial charge in [-0.15, -0.1) is 0 Å². The summed E-state index contributed by atoms with van der Waals surface area (Å²) < 4.78 is 32.2. The van der Waals surface area contributed by atoms with Crippen molar-refractivity contribution in [1.29, 1.82) is 0 Å². The zero-order valence-electron chi connectivity index (χ0n) is 13.3. The smallest absolute Gasteiger partial charge is 0.339 e. The van der Waals surface area contributed by atoms with Crippen LogP contribution in [0.2, 0.25) is 0 Å². The molecule has 1 atom stereocenters. The van der Waals surface area contributed by atoms with Crippen LogP contribution >= 0.6 is 0 Å². The number of hydrogen-bond donors (Lipinski definition) is 1. The Morgan fingerprint density at radius 3 is 2.83 bits per heavy atom. The van der Waals surface area contributed by atoms with Crippen molar-refractivity contribution in [3.63, 3.8) is 0 Å². The molecule has 8 heteroatoms. The Kier molecular flexibility index (Phi) is 4.68. The predicted octanol–water partition coefficient (Wildman–Crippen LogP) is 1.76. The van der Waals surface area contributed by atoms with Crippen LogP contribution in [0, 0.1) is 0 Å². The molecule has 0 bridgehead atoms. The number of H-pyrrole nitrogens is 1. The molecule has 2 aromatic rings. The topological polar surface area (TPSA) is 92.4 Å². The first-order valence-corrected chi connectivity index (χ1v) is 9.15. The van der Waals surface area contributed by atoms with E-state index < -0.39 is 16.0 Å². The first-order chi connectivity index (χ1) is 11.5. The van der Waals surface area contributed by atoms with Crippen LogP contribution in [0.3, 0.4) is 0 Å². The molecule has 0 spiro atoms. The summed E-state index contributed by atoms with van der Waals surface area (Å²) in [6.45, 7) is 0.794. The van der Waals surface area contributed by atoms with E-state index in [4.69, 9.17) is 4.74 Å². The largest absolute Gasteiger partial charge is 0.465 e. The van der Waals surface area contributed by atoms with Crippen LogP contribution in [0.4, 0.5) is 0 Å². The summed E-state index contributed by atoms with van der Waals surface area (Å²) in [4.78, 5) is 11.9. The van der Waals surface area contributed by atoms with Crippen LogP contribution in [0.15, 0.2) is 41.4 Å². The molecular formula is C16H19N3O4S. The number of carbonyl (C=O) groups is 1. The first-order valence-electron chi connectivity index (χ1n) is 7.71. The Morgan fingerprint density at radius 1 is 1.33 bits per heavy atom. The number of aromatic amines is 1. The van der Waals surface area contributed by atoms with Crippen LogP contribution in [0.1, 0.15) is 34.8 Å². The summed E-state index contributed by atoms with van der Waals surface area (Å²) in [7, 11) is -2.54. The first kappa shape index (κ1) is 16.7. The fraction of sp³-hybridized carbons (Fsp3) is 0.375. The van der Waals surface area contributed by atoms with Gasteiger partial charge in [-0.05, 0) is 31.0 Å². The Labute approximate surface area is 140 Å². The number of carbonyl (C=O) groups excluding carboxylic acids is 1. The normalized spacial score (nSPS) is 19.1. The van der Waals surface area contributed by atoms with E-state index >= 15 is 0 Å². The summed E-state index contributed by atoms with van der Waals surface area (Å²) in [5.41, 5.74) is 0.986. The third-order valence-corrected chi connectivity index (χ3v) is 6.18. The third kappa shape index (κ3) is 3.07. The van der Waals surface area contributed by atoms with Gasteiger partial charge in [0, 0.05) is 30.9 Å². The summed E-state index contributed by atoms with van der Waals surface area (Å²) in [6.07, 6.45) is 3.31. The number of rotatable bonds is 4. The number of esters is 1. The van der Waals surface area contributed by atoms with Gasteiger partial charge < -0.3 is 4.74 Å². The molecule has 0 amide bonds. The van der Waals surface area contributed by atoms with Gasteiger partial charge in [0.2, 0.25) is 10.0 Å². The van der Waals surface area contributed by atoms with Crippen molar-refractivity contribution in [3.05, 3.63) is 47.8 Å². The number of sulfonamides is 1. The van der Waals surface area contributed by atoms with Gasteiger partial charge >= 0.3 is 5.97 Å². The van der Waals surface area contributed by atoms with E-state index in [0.717, 1.165) is 18.5 Å². The third-order valence-electron chi connectivity index (χ3n) is 4.26. The van der Waals surface area contributed by atoms with Crippen molar-refractivity contribution in [1.82, 2.24) is 14.5 Å². The molecule has 1 aromatic carbocycles. The number of benzene rings is 1. The molecular weight excluding hydrogens is 330 g/mol. The standard InChI is InChI=1S/C16H19N3O4S/c1-23-16(20)13-6-2-3-7-15(13)24(21,22)19-10-4-5-12(11-19)14-8-9-17-18-14/h2-3,6-9,12H,4-5,10-11H2,1H3,(H,17,18). The molecule has 1 saturated heterocycles. The van der Waals surface area contributed by atoms with Crippen molar-refractivity contribution in [3.8, 4) is 0 Å². The zero-order chi connectivity index (χ0) is 17.2. The average Bonchev–Trinajstić information content (AvgIpc) is 3.16. The maximum atomic E-state index is 13.0. The lowest BCUT2D eigenvalue weighted by molar-refractivity contribution is 0.0596. The number of nitrogens with one attached hydrogen (secondary N) is 1. The van der Waals surface area contributed by atoms with Crippen LogP contribution in [-0.4, -0.2) is 49.1 Å². The zero-order valence-corrected chi connectivity index (χ0v) is 14.1. The minimum Gasteiger partial charge on any atom is -0.465 e. The lowest BCUT2D eigenvalue weighted by Gasteiger charge is -2.31. The molecule has 1 N–H and O–H groups in total. The second-order valence-corrected chi connectivity index (χ2v) is 7.61. The van der Waals surface area contributed by atoms with E-state index in [1.54, 1.807) is 18.3 Å². The number of ether oxygens (including phenoxy) is 1. The molecule has 128 valence electrons. The SMILES string of the molecule is COC(=O)c1ccccc1S(=O)(=O)N1CCCC(c2ccn[nH]2)C1. The van der Waals surface area contributed by atoms with E-state index in [-0.39, 0.29) is 16.4 Å². The number of methoxy groups -OCH3 is 1. The Balaban J connectivity index is 1.92. The minimum atomic E-state index is -3.77. The minimum absolute atomic E-state index is 0.0119. The van der Waals surface area contributed by atoms with Gasteiger partial charge in [0.25, 0.3) is 0 Å². The maximum absolute atomic E-state index is 13.0. The summed E-state index contributed by atoms with van der Waals surface area (Å²) in [6, 6.07) is 8.00. The number of aromatic nitrogens is 2. The summed E-state index contributed by atoms with van der Waals surface area (Å²) in [5, 5.41) is 6.85. The monoisotopic (exact) mass is 349 g/mol. The van der Waals surface area contributed by atoms with E-state index in [0.29, 0.717) is 13.1 Å². The second-order valence-electron chi connectivity index (χ2n) is 5.70. The number of hydrogen-bond acceptors (Lipinski definition) is 5. The van der Waals surface area contributed by atoms with Crippen molar-refractivity contribution < 1.29 is 17.9 Å². The molecule has 0 aliphatic carbocycles. The molecule has 2 heterocycles. The molecule has 24 heavy (non-hydrogen) atoms. The van der Waals surface area contributed by atoms with Crippen LogP contribution in [-0.2, 0) is 14.8 Å². The van der Waals surface area contributed by atoms with Gasteiger partial charge in [0.1, 0.15) is 0 Å². The lowest BCUT2D eigenvalue weighted by atomic mass is 9.96. The van der Waals surface area contributed by atoms with E-state index in [1.165, 1.54) is 23.5 Å². The second kappa shape index (κ2) is 6.74. The Morgan fingerprint density at radius 2 is 2.12 bits per heavy atom. The quantitative estimate of drug-likeness (QED) is 0.849. The molecule has 7 nitrogen and oxygen atoms in total.